The van der Waals surface area contributed by atoms with Gasteiger partial charge in [-0.25, -0.2) is 4.98 Å². The van der Waals surface area contributed by atoms with Crippen LogP contribution in [0, 0.1) is 0 Å². The van der Waals surface area contributed by atoms with E-state index in [1.807, 2.05) is 48.5 Å². The van der Waals surface area contributed by atoms with E-state index >= 15 is 0 Å². The molecule has 1 aliphatic heterocycles. The first-order valence-electron chi connectivity index (χ1n) is 7.41. The molecule has 1 aliphatic rings. The molecule has 4 nitrogen and oxygen atoms in total. The van der Waals surface area contributed by atoms with Crippen molar-refractivity contribution >= 4 is 11.8 Å². The zero-order valence-electron chi connectivity index (χ0n) is 12.4. The Balaban J connectivity index is 1.44. The topological polar surface area (TPSA) is 44.5 Å². The highest BCUT2D eigenvalue weighted by molar-refractivity contribution is 7.98. The van der Waals surface area contributed by atoms with E-state index in [-0.39, 0.29) is 0 Å². The maximum absolute atomic E-state index is 5.82. The summed E-state index contributed by atoms with van der Waals surface area (Å²) >= 11 is 1.66. The SMILES string of the molecule is c1ccc(-c2cnc(CSc3ccc4c(c3)OCCO4)o2)cc1. The maximum Gasteiger partial charge on any atom is 0.205 e. The molecule has 0 saturated carbocycles. The van der Waals surface area contributed by atoms with Gasteiger partial charge in [-0.1, -0.05) is 30.3 Å². The number of aromatic nitrogens is 1. The standard InChI is InChI=1S/C18H15NO3S/c1-2-4-13(5-3-1)17-11-19-18(22-17)12-23-14-6-7-15-16(10-14)21-9-8-20-15/h1-7,10-11H,8-9,12H2. The van der Waals surface area contributed by atoms with E-state index in [1.165, 1.54) is 0 Å². The molecule has 0 saturated heterocycles. The first-order valence-corrected chi connectivity index (χ1v) is 8.39. The second kappa shape index (κ2) is 6.38. The summed E-state index contributed by atoms with van der Waals surface area (Å²) in [6.45, 7) is 1.21. The minimum absolute atomic E-state index is 0.599. The first kappa shape index (κ1) is 14.2. The molecule has 0 radical (unpaired) electrons. The third-order valence-corrected chi connectivity index (χ3v) is 4.47. The summed E-state index contributed by atoms with van der Waals surface area (Å²) in [5, 5.41) is 0. The number of hydrogen-bond donors (Lipinski definition) is 0. The van der Waals surface area contributed by atoms with Crippen LogP contribution in [0.3, 0.4) is 0 Å². The van der Waals surface area contributed by atoms with Gasteiger partial charge in [0.2, 0.25) is 5.89 Å². The number of ether oxygens (including phenoxy) is 2. The quantitative estimate of drug-likeness (QED) is 0.665. The molecule has 0 aliphatic carbocycles. The summed E-state index contributed by atoms with van der Waals surface area (Å²) in [7, 11) is 0. The molecule has 2 heterocycles. The highest BCUT2D eigenvalue weighted by Crippen LogP contribution is 2.35. The molecule has 0 unspecified atom stereocenters. The minimum Gasteiger partial charge on any atom is -0.486 e. The average Bonchev–Trinajstić information content (AvgIpc) is 3.10. The Hall–Kier alpha value is -2.40. The number of oxazole rings is 1. The lowest BCUT2D eigenvalue weighted by Crippen LogP contribution is -2.15. The van der Waals surface area contributed by atoms with Crippen molar-refractivity contribution in [2.24, 2.45) is 0 Å². The van der Waals surface area contributed by atoms with Gasteiger partial charge in [0, 0.05) is 10.5 Å². The average molecular weight is 325 g/mol. The van der Waals surface area contributed by atoms with Crippen molar-refractivity contribution in [3.05, 3.63) is 60.6 Å². The lowest BCUT2D eigenvalue weighted by molar-refractivity contribution is 0.171. The van der Waals surface area contributed by atoms with Crippen LogP contribution in [0.5, 0.6) is 11.5 Å². The number of hydrogen-bond acceptors (Lipinski definition) is 5. The molecule has 4 rings (SSSR count). The third kappa shape index (κ3) is 3.19. The van der Waals surface area contributed by atoms with Gasteiger partial charge in [0.15, 0.2) is 17.3 Å². The summed E-state index contributed by atoms with van der Waals surface area (Å²) < 4.78 is 16.9. The fraction of sp³-hybridized carbons (Fsp3) is 0.167. The second-order valence-corrected chi connectivity index (χ2v) is 6.13. The number of rotatable bonds is 4. The van der Waals surface area contributed by atoms with Gasteiger partial charge in [0.25, 0.3) is 0 Å². The van der Waals surface area contributed by atoms with Gasteiger partial charge in [-0.15, -0.1) is 11.8 Å². The van der Waals surface area contributed by atoms with Gasteiger partial charge >= 0.3 is 0 Å². The monoisotopic (exact) mass is 325 g/mol. The summed E-state index contributed by atoms with van der Waals surface area (Å²) in [6, 6.07) is 16.0. The third-order valence-electron chi connectivity index (χ3n) is 3.49. The van der Waals surface area contributed by atoms with Crippen molar-refractivity contribution in [2.75, 3.05) is 13.2 Å². The normalized spacial score (nSPS) is 13.0. The Bertz CT molecular complexity index is 801. The Morgan fingerprint density at radius 1 is 0.957 bits per heavy atom. The van der Waals surface area contributed by atoms with Gasteiger partial charge in [-0.3, -0.25) is 0 Å². The number of benzene rings is 2. The summed E-state index contributed by atoms with van der Waals surface area (Å²) in [5.74, 6) is 3.79. The molecule has 0 amide bonds. The van der Waals surface area contributed by atoms with Crippen LogP contribution in [0.2, 0.25) is 0 Å². The Morgan fingerprint density at radius 3 is 2.65 bits per heavy atom. The van der Waals surface area contributed by atoms with Crippen molar-refractivity contribution in [3.63, 3.8) is 0 Å². The van der Waals surface area contributed by atoms with Crippen LogP contribution in [0.15, 0.2) is 64.0 Å². The van der Waals surface area contributed by atoms with Crippen molar-refractivity contribution < 1.29 is 13.9 Å². The molecule has 5 heteroatoms. The molecule has 0 N–H and O–H groups in total. The van der Waals surface area contributed by atoms with Gasteiger partial charge < -0.3 is 13.9 Å². The molecule has 0 spiro atoms. The molecule has 0 bridgehead atoms. The zero-order valence-corrected chi connectivity index (χ0v) is 13.2. The maximum atomic E-state index is 5.82. The van der Waals surface area contributed by atoms with E-state index in [0.29, 0.717) is 24.9 Å². The van der Waals surface area contributed by atoms with E-state index in [4.69, 9.17) is 13.9 Å². The molecule has 23 heavy (non-hydrogen) atoms. The highest BCUT2D eigenvalue weighted by Gasteiger charge is 2.12. The van der Waals surface area contributed by atoms with Crippen molar-refractivity contribution in [2.45, 2.75) is 10.6 Å². The van der Waals surface area contributed by atoms with Crippen LogP contribution in [-0.2, 0) is 5.75 Å². The number of fused-ring (bicyclic) bond motifs is 1. The van der Waals surface area contributed by atoms with Gasteiger partial charge in [0.05, 0.1) is 11.9 Å². The summed E-state index contributed by atoms with van der Waals surface area (Å²) in [6.07, 6.45) is 1.77. The van der Waals surface area contributed by atoms with Crippen LogP contribution in [0.25, 0.3) is 11.3 Å². The fourth-order valence-electron chi connectivity index (χ4n) is 2.37. The smallest absolute Gasteiger partial charge is 0.205 e. The largest absolute Gasteiger partial charge is 0.486 e. The predicted molar refractivity (Wildman–Crippen MR) is 88.9 cm³/mol. The zero-order chi connectivity index (χ0) is 15.5. The Labute approximate surface area is 138 Å². The van der Waals surface area contributed by atoms with E-state index < -0.39 is 0 Å². The molecule has 1 aromatic heterocycles. The molecule has 116 valence electrons. The molecule has 0 atom stereocenters. The van der Waals surface area contributed by atoms with Gasteiger partial charge in [-0.2, -0.15) is 0 Å². The van der Waals surface area contributed by atoms with Crippen molar-refractivity contribution in [1.82, 2.24) is 4.98 Å². The predicted octanol–water partition coefficient (Wildman–Crippen LogP) is 4.41. The van der Waals surface area contributed by atoms with E-state index in [1.54, 1.807) is 18.0 Å². The lowest BCUT2D eigenvalue weighted by Gasteiger charge is -2.18. The second-order valence-electron chi connectivity index (χ2n) is 5.08. The number of thioether (sulfide) groups is 1. The van der Waals surface area contributed by atoms with E-state index in [0.717, 1.165) is 27.7 Å². The Kier molecular flexibility index (Phi) is 3.94. The molecule has 2 aromatic carbocycles. The molecular formula is C18H15NO3S. The van der Waals surface area contributed by atoms with Crippen LogP contribution in [0.1, 0.15) is 5.89 Å². The van der Waals surface area contributed by atoms with Crippen LogP contribution >= 0.6 is 11.8 Å². The van der Waals surface area contributed by atoms with Gasteiger partial charge in [-0.05, 0) is 18.2 Å². The molecule has 0 fully saturated rings. The highest BCUT2D eigenvalue weighted by atomic mass is 32.2. The summed E-state index contributed by atoms with van der Waals surface area (Å²) in [4.78, 5) is 5.46. The van der Waals surface area contributed by atoms with Crippen molar-refractivity contribution in [3.8, 4) is 22.8 Å². The van der Waals surface area contributed by atoms with Crippen LogP contribution in [0.4, 0.5) is 0 Å². The molecule has 3 aromatic rings. The lowest BCUT2D eigenvalue weighted by atomic mass is 10.2. The Morgan fingerprint density at radius 2 is 1.78 bits per heavy atom. The fourth-order valence-corrected chi connectivity index (χ4v) is 3.15. The van der Waals surface area contributed by atoms with Gasteiger partial charge in [0.1, 0.15) is 13.2 Å². The molecular weight excluding hydrogens is 310 g/mol. The summed E-state index contributed by atoms with van der Waals surface area (Å²) in [5.41, 5.74) is 1.04. The van der Waals surface area contributed by atoms with E-state index in [2.05, 4.69) is 4.98 Å². The number of nitrogens with zero attached hydrogens (tertiary/aromatic N) is 1. The van der Waals surface area contributed by atoms with Crippen LogP contribution in [-0.4, -0.2) is 18.2 Å². The first-order chi connectivity index (χ1) is 11.4. The van der Waals surface area contributed by atoms with E-state index in [9.17, 15) is 0 Å². The minimum atomic E-state index is 0.599. The van der Waals surface area contributed by atoms with Crippen LogP contribution < -0.4 is 9.47 Å². The van der Waals surface area contributed by atoms with Crippen molar-refractivity contribution in [1.29, 1.82) is 0 Å².